The molecule has 1 saturated heterocycles. The molecule has 0 spiro atoms. The van der Waals surface area contributed by atoms with Crippen LogP contribution >= 0.6 is 0 Å². The van der Waals surface area contributed by atoms with E-state index in [-0.39, 0.29) is 6.10 Å². The lowest BCUT2D eigenvalue weighted by Gasteiger charge is -2.31. The lowest BCUT2D eigenvalue weighted by Crippen LogP contribution is -2.31. The molecule has 0 aromatic carbocycles. The predicted octanol–water partition coefficient (Wildman–Crippen LogP) is 3.89. The van der Waals surface area contributed by atoms with Crippen LogP contribution < -0.4 is 0 Å². The van der Waals surface area contributed by atoms with Gasteiger partial charge in [0.15, 0.2) is 0 Å². The van der Waals surface area contributed by atoms with Crippen LogP contribution in [0.25, 0.3) is 0 Å². The molecular weight excluding hydrogens is 286 g/mol. The Morgan fingerprint density at radius 3 is 2.57 bits per heavy atom. The van der Waals surface area contributed by atoms with Crippen molar-refractivity contribution in [1.29, 1.82) is 0 Å². The maximum absolute atomic E-state index is 9.63. The van der Waals surface area contributed by atoms with Crippen LogP contribution in [0, 0.1) is 11.8 Å². The lowest BCUT2D eigenvalue weighted by atomic mass is 9.76. The fourth-order valence-corrected chi connectivity index (χ4v) is 4.26. The molecule has 0 radical (unpaired) electrons. The van der Waals surface area contributed by atoms with Gasteiger partial charge in [0.25, 0.3) is 0 Å². The van der Waals surface area contributed by atoms with Crippen LogP contribution in [-0.2, 0) is 4.74 Å². The van der Waals surface area contributed by atoms with Gasteiger partial charge in [0.05, 0.1) is 12.7 Å². The Balaban J connectivity index is 1.31. The summed E-state index contributed by atoms with van der Waals surface area (Å²) in [5, 5.41) is 9.63. The first-order chi connectivity index (χ1) is 11.3. The number of piperidine rings is 1. The van der Waals surface area contributed by atoms with E-state index in [0.717, 1.165) is 44.0 Å². The molecule has 3 nitrogen and oxygen atoms in total. The van der Waals surface area contributed by atoms with Crippen LogP contribution in [0.5, 0.6) is 0 Å². The average Bonchev–Trinajstić information content (AvgIpc) is 2.61. The van der Waals surface area contributed by atoms with Gasteiger partial charge >= 0.3 is 0 Å². The number of hydrogen-bond acceptors (Lipinski definition) is 3. The van der Waals surface area contributed by atoms with E-state index in [1.165, 1.54) is 51.7 Å². The van der Waals surface area contributed by atoms with Crippen LogP contribution in [0.2, 0.25) is 0 Å². The lowest BCUT2D eigenvalue weighted by molar-refractivity contribution is 0.0971. The van der Waals surface area contributed by atoms with E-state index in [4.69, 9.17) is 4.74 Å². The first-order valence-corrected chi connectivity index (χ1v) is 9.73. The van der Waals surface area contributed by atoms with Crippen molar-refractivity contribution < 1.29 is 9.84 Å². The third-order valence-electron chi connectivity index (χ3n) is 5.78. The van der Waals surface area contributed by atoms with Crippen LogP contribution in [0.4, 0.5) is 0 Å². The van der Waals surface area contributed by atoms with Crippen LogP contribution in [-0.4, -0.2) is 42.4 Å². The Morgan fingerprint density at radius 1 is 1.09 bits per heavy atom. The number of aliphatic hydroxyl groups excluding tert-OH is 1. The summed E-state index contributed by atoms with van der Waals surface area (Å²) >= 11 is 0. The Labute approximate surface area is 141 Å². The predicted molar refractivity (Wildman–Crippen MR) is 94.2 cm³/mol. The van der Waals surface area contributed by atoms with Gasteiger partial charge in [0.2, 0.25) is 0 Å². The highest BCUT2D eigenvalue weighted by Crippen LogP contribution is 2.35. The zero-order chi connectivity index (χ0) is 15.9. The molecule has 1 N–H and O–H groups in total. The summed E-state index contributed by atoms with van der Waals surface area (Å²) in [5.41, 5.74) is 0. The topological polar surface area (TPSA) is 32.7 Å². The summed E-state index contributed by atoms with van der Waals surface area (Å²) in [6.45, 7) is 4.58. The van der Waals surface area contributed by atoms with Gasteiger partial charge < -0.3 is 14.7 Å². The molecule has 23 heavy (non-hydrogen) atoms. The van der Waals surface area contributed by atoms with E-state index in [9.17, 15) is 5.11 Å². The van der Waals surface area contributed by atoms with E-state index in [0.29, 0.717) is 5.92 Å². The molecule has 130 valence electrons. The fourth-order valence-electron chi connectivity index (χ4n) is 4.26. The molecule has 3 rings (SSSR count). The zero-order valence-electron chi connectivity index (χ0n) is 14.5. The monoisotopic (exact) mass is 319 g/mol. The van der Waals surface area contributed by atoms with Crippen molar-refractivity contribution in [2.75, 3.05) is 26.2 Å². The van der Waals surface area contributed by atoms with Crippen molar-refractivity contribution >= 4 is 0 Å². The van der Waals surface area contributed by atoms with Gasteiger partial charge in [0, 0.05) is 6.54 Å². The number of aliphatic hydroxyl groups is 1. The highest BCUT2D eigenvalue weighted by atomic mass is 16.5. The third-order valence-corrected chi connectivity index (χ3v) is 5.78. The van der Waals surface area contributed by atoms with E-state index >= 15 is 0 Å². The highest BCUT2D eigenvalue weighted by molar-refractivity contribution is 5.19. The Kier molecular flexibility index (Phi) is 6.58. The molecule has 0 aromatic heterocycles. The van der Waals surface area contributed by atoms with Crippen molar-refractivity contribution in [3.05, 3.63) is 24.0 Å². The number of rotatable bonds is 6. The van der Waals surface area contributed by atoms with Gasteiger partial charge in [-0.1, -0.05) is 12.5 Å². The van der Waals surface area contributed by atoms with E-state index in [1.807, 2.05) is 0 Å². The Bertz CT molecular complexity index is 404. The molecule has 1 atom stereocenters. The van der Waals surface area contributed by atoms with Crippen molar-refractivity contribution in [2.24, 2.45) is 11.8 Å². The van der Waals surface area contributed by atoms with E-state index < -0.39 is 0 Å². The number of nitrogens with zero attached hydrogens (tertiary/aromatic N) is 1. The minimum atomic E-state index is -0.0480. The van der Waals surface area contributed by atoms with Gasteiger partial charge in [0.1, 0.15) is 5.76 Å². The largest absolute Gasteiger partial charge is 0.494 e. The maximum atomic E-state index is 9.63. The standard InChI is InChI=1S/C20H33NO2/c22-19-9-5-17(6-10-19)18-7-11-20(12-8-18)23-16-4-15-21-13-2-1-3-14-21/h7,11-12,17-19,22H,1-6,8-10,13-16H2. The average molecular weight is 319 g/mol. The van der Waals surface area contributed by atoms with Crippen molar-refractivity contribution in [1.82, 2.24) is 4.90 Å². The second-order valence-corrected chi connectivity index (χ2v) is 7.54. The molecule has 2 aliphatic carbocycles. The minimum Gasteiger partial charge on any atom is -0.494 e. The first-order valence-electron chi connectivity index (χ1n) is 9.73. The summed E-state index contributed by atoms with van der Waals surface area (Å²) in [6.07, 6.45) is 17.5. The normalized spacial score (nSPS) is 32.6. The SMILES string of the molecule is OC1CCC(C2C=CC(OCCCN3CCCCC3)=CC2)CC1. The molecule has 1 unspecified atom stereocenters. The number of hydrogen-bond donors (Lipinski definition) is 1. The molecule has 1 saturated carbocycles. The molecule has 0 amide bonds. The molecule has 3 heteroatoms. The fraction of sp³-hybridized carbons (Fsp3) is 0.800. The molecule has 2 fully saturated rings. The van der Waals surface area contributed by atoms with Crippen molar-refractivity contribution in [3.8, 4) is 0 Å². The van der Waals surface area contributed by atoms with Gasteiger partial charge in [-0.2, -0.15) is 0 Å². The summed E-state index contributed by atoms with van der Waals surface area (Å²) in [7, 11) is 0. The summed E-state index contributed by atoms with van der Waals surface area (Å²) < 4.78 is 5.93. The van der Waals surface area contributed by atoms with Gasteiger partial charge in [-0.05, 0) is 88.4 Å². The van der Waals surface area contributed by atoms with Crippen LogP contribution in [0.3, 0.4) is 0 Å². The van der Waals surface area contributed by atoms with Gasteiger partial charge in [-0.15, -0.1) is 0 Å². The molecule has 1 heterocycles. The molecule has 1 aliphatic heterocycles. The second kappa shape index (κ2) is 8.89. The number of likely N-dealkylation sites (tertiary alicyclic amines) is 1. The van der Waals surface area contributed by atoms with Crippen LogP contribution in [0.15, 0.2) is 24.0 Å². The van der Waals surface area contributed by atoms with E-state index in [1.54, 1.807) is 0 Å². The minimum absolute atomic E-state index is 0.0480. The van der Waals surface area contributed by atoms with Crippen molar-refractivity contribution in [3.63, 3.8) is 0 Å². The second-order valence-electron chi connectivity index (χ2n) is 7.54. The maximum Gasteiger partial charge on any atom is 0.115 e. The van der Waals surface area contributed by atoms with E-state index in [2.05, 4.69) is 23.1 Å². The number of ether oxygens (including phenoxy) is 1. The molecule has 0 bridgehead atoms. The first kappa shape index (κ1) is 17.0. The molecule has 0 aromatic rings. The highest BCUT2D eigenvalue weighted by Gasteiger charge is 2.26. The third kappa shape index (κ3) is 5.36. The quantitative estimate of drug-likeness (QED) is 0.754. The van der Waals surface area contributed by atoms with Crippen molar-refractivity contribution in [2.45, 2.75) is 63.9 Å². The van der Waals surface area contributed by atoms with Gasteiger partial charge in [-0.25, -0.2) is 0 Å². The van der Waals surface area contributed by atoms with Gasteiger partial charge in [-0.3, -0.25) is 0 Å². The Hall–Kier alpha value is -0.800. The molecular formula is C20H33NO2. The molecule has 3 aliphatic rings. The summed E-state index contributed by atoms with van der Waals surface area (Å²) in [5.74, 6) is 2.48. The number of allylic oxidation sites excluding steroid dienone is 3. The Morgan fingerprint density at radius 2 is 1.87 bits per heavy atom. The van der Waals surface area contributed by atoms with Crippen LogP contribution in [0.1, 0.15) is 57.8 Å². The smallest absolute Gasteiger partial charge is 0.115 e. The summed E-state index contributed by atoms with van der Waals surface area (Å²) in [6, 6.07) is 0. The zero-order valence-corrected chi connectivity index (χ0v) is 14.5. The summed E-state index contributed by atoms with van der Waals surface area (Å²) in [4.78, 5) is 2.57.